The highest BCUT2D eigenvalue weighted by Gasteiger charge is 2.23. The van der Waals surface area contributed by atoms with Crippen molar-refractivity contribution >= 4 is 5.97 Å². The molecule has 0 aliphatic heterocycles. The summed E-state index contributed by atoms with van der Waals surface area (Å²) in [4.78, 5) is 10.8. The van der Waals surface area contributed by atoms with Crippen molar-refractivity contribution in [2.75, 3.05) is 0 Å². The highest BCUT2D eigenvalue weighted by molar-refractivity contribution is 5.66. The molecule has 70 valence electrons. The minimum Gasteiger partial charge on any atom is -0.456 e. The van der Waals surface area contributed by atoms with Crippen LogP contribution in [0.4, 0.5) is 0 Å². The minimum atomic E-state index is -0.229. The molecule has 1 heterocycles. The van der Waals surface area contributed by atoms with Crippen molar-refractivity contribution in [1.29, 1.82) is 0 Å². The predicted octanol–water partition coefficient (Wildman–Crippen LogP) is 1.35. The summed E-state index contributed by atoms with van der Waals surface area (Å²) < 4.78 is 5.17. The van der Waals surface area contributed by atoms with E-state index in [2.05, 4.69) is 10.2 Å². The molecule has 1 unspecified atom stereocenters. The molecular formula is C9H12N2O2. The fourth-order valence-corrected chi connectivity index (χ4v) is 1.74. The summed E-state index contributed by atoms with van der Waals surface area (Å²) in [7, 11) is 0. The van der Waals surface area contributed by atoms with Gasteiger partial charge in [-0.15, -0.1) is 0 Å². The number of aryl methyl sites for hydroxylation is 1. The molecule has 13 heavy (non-hydrogen) atoms. The van der Waals surface area contributed by atoms with Crippen LogP contribution in [0.1, 0.15) is 37.1 Å². The number of rotatable bonds is 1. The lowest BCUT2D eigenvalue weighted by Crippen LogP contribution is -2.14. The summed E-state index contributed by atoms with van der Waals surface area (Å²) in [6, 6.07) is 0. The average molecular weight is 180 g/mol. The van der Waals surface area contributed by atoms with Gasteiger partial charge in [-0.1, -0.05) is 0 Å². The minimum absolute atomic E-state index is 0.108. The van der Waals surface area contributed by atoms with E-state index < -0.39 is 0 Å². The standard InChI is InChI=1S/C9H12N2O2/c1-6(12)13-8-4-2-3-7-5-10-11-9(7)8/h5,8H,2-4H2,1H3,(H,10,11). The van der Waals surface area contributed by atoms with Crippen LogP contribution >= 0.6 is 0 Å². The number of H-pyrrole nitrogens is 1. The number of esters is 1. The molecule has 1 atom stereocenters. The third kappa shape index (κ3) is 1.56. The number of carbonyl (C=O) groups excluding carboxylic acids is 1. The molecule has 0 bridgehead atoms. The van der Waals surface area contributed by atoms with Crippen LogP contribution in [-0.2, 0) is 16.0 Å². The third-order valence-corrected chi connectivity index (χ3v) is 2.29. The number of nitrogens with one attached hydrogen (secondary N) is 1. The molecule has 1 aliphatic rings. The van der Waals surface area contributed by atoms with Gasteiger partial charge in [0.05, 0.1) is 11.9 Å². The molecule has 4 nitrogen and oxygen atoms in total. The molecule has 4 heteroatoms. The van der Waals surface area contributed by atoms with Crippen molar-refractivity contribution < 1.29 is 9.53 Å². The van der Waals surface area contributed by atoms with Gasteiger partial charge in [-0.05, 0) is 24.8 Å². The van der Waals surface area contributed by atoms with E-state index in [-0.39, 0.29) is 12.1 Å². The van der Waals surface area contributed by atoms with Crippen LogP contribution in [0.15, 0.2) is 6.20 Å². The van der Waals surface area contributed by atoms with E-state index in [4.69, 9.17) is 4.74 Å². The number of hydrogen-bond acceptors (Lipinski definition) is 3. The van der Waals surface area contributed by atoms with Gasteiger partial charge in [0.2, 0.25) is 0 Å². The second kappa shape index (κ2) is 3.20. The van der Waals surface area contributed by atoms with Gasteiger partial charge >= 0.3 is 5.97 Å². The van der Waals surface area contributed by atoms with Crippen molar-refractivity contribution in [3.8, 4) is 0 Å². The van der Waals surface area contributed by atoms with Crippen LogP contribution in [0.2, 0.25) is 0 Å². The van der Waals surface area contributed by atoms with Crippen LogP contribution < -0.4 is 0 Å². The number of fused-ring (bicyclic) bond motifs is 1. The van der Waals surface area contributed by atoms with Crippen LogP contribution in [0, 0.1) is 0 Å². The number of nitrogens with zero attached hydrogens (tertiary/aromatic N) is 1. The summed E-state index contributed by atoms with van der Waals surface area (Å²) in [5.74, 6) is -0.229. The molecule has 0 radical (unpaired) electrons. The normalized spacial score (nSPS) is 20.8. The quantitative estimate of drug-likeness (QED) is 0.664. The fourth-order valence-electron chi connectivity index (χ4n) is 1.74. The van der Waals surface area contributed by atoms with E-state index in [9.17, 15) is 4.79 Å². The van der Waals surface area contributed by atoms with Crippen LogP contribution in [0.3, 0.4) is 0 Å². The Hall–Kier alpha value is -1.32. The number of aromatic amines is 1. The van der Waals surface area contributed by atoms with Crippen molar-refractivity contribution in [1.82, 2.24) is 10.2 Å². The molecule has 0 saturated heterocycles. The Morgan fingerprint density at radius 1 is 1.77 bits per heavy atom. The van der Waals surface area contributed by atoms with E-state index >= 15 is 0 Å². The monoisotopic (exact) mass is 180 g/mol. The summed E-state index contributed by atoms with van der Waals surface area (Å²) in [6.45, 7) is 1.44. The first-order valence-corrected chi connectivity index (χ1v) is 4.46. The number of aromatic nitrogens is 2. The maximum absolute atomic E-state index is 10.8. The molecule has 1 aromatic rings. The topological polar surface area (TPSA) is 55.0 Å². The number of ether oxygens (including phenoxy) is 1. The van der Waals surface area contributed by atoms with Gasteiger partial charge in [0.25, 0.3) is 0 Å². The molecule has 0 amide bonds. The van der Waals surface area contributed by atoms with Crippen molar-refractivity contribution in [3.63, 3.8) is 0 Å². The lowest BCUT2D eigenvalue weighted by Gasteiger charge is -2.20. The Labute approximate surface area is 76.3 Å². The molecule has 1 aromatic heterocycles. The van der Waals surface area contributed by atoms with Gasteiger partial charge < -0.3 is 4.74 Å². The molecule has 0 saturated carbocycles. The summed E-state index contributed by atoms with van der Waals surface area (Å²) >= 11 is 0. The second-order valence-corrected chi connectivity index (χ2v) is 3.30. The molecular weight excluding hydrogens is 168 g/mol. The molecule has 0 fully saturated rings. The maximum atomic E-state index is 10.8. The van der Waals surface area contributed by atoms with Gasteiger partial charge in [-0.3, -0.25) is 9.89 Å². The molecule has 1 N–H and O–H groups in total. The smallest absolute Gasteiger partial charge is 0.303 e. The van der Waals surface area contributed by atoms with Crippen LogP contribution in [0.5, 0.6) is 0 Å². The van der Waals surface area contributed by atoms with Gasteiger partial charge in [-0.25, -0.2) is 0 Å². The van der Waals surface area contributed by atoms with Crippen LogP contribution in [0.25, 0.3) is 0 Å². The average Bonchev–Trinajstić information content (AvgIpc) is 2.51. The SMILES string of the molecule is CC(=O)OC1CCCc2cn[nH]c21. The number of hydrogen-bond donors (Lipinski definition) is 1. The zero-order chi connectivity index (χ0) is 9.26. The Bertz CT molecular complexity index is 319. The lowest BCUT2D eigenvalue weighted by atomic mass is 9.96. The maximum Gasteiger partial charge on any atom is 0.303 e. The van der Waals surface area contributed by atoms with Crippen LogP contribution in [-0.4, -0.2) is 16.2 Å². The Kier molecular flexibility index (Phi) is 2.04. The second-order valence-electron chi connectivity index (χ2n) is 3.30. The van der Waals surface area contributed by atoms with Gasteiger partial charge in [0.15, 0.2) is 0 Å². The Morgan fingerprint density at radius 2 is 2.62 bits per heavy atom. The third-order valence-electron chi connectivity index (χ3n) is 2.29. The first kappa shape index (κ1) is 8.29. The van der Waals surface area contributed by atoms with E-state index in [0.29, 0.717) is 0 Å². The van der Waals surface area contributed by atoms with Crippen molar-refractivity contribution in [2.24, 2.45) is 0 Å². The molecule has 0 aromatic carbocycles. The first-order valence-electron chi connectivity index (χ1n) is 4.46. The summed E-state index contributed by atoms with van der Waals surface area (Å²) in [5.41, 5.74) is 2.15. The van der Waals surface area contributed by atoms with Crippen molar-refractivity contribution in [2.45, 2.75) is 32.3 Å². The fraction of sp³-hybridized carbons (Fsp3) is 0.556. The van der Waals surface area contributed by atoms with E-state index in [1.807, 2.05) is 6.20 Å². The predicted molar refractivity (Wildman–Crippen MR) is 46.0 cm³/mol. The zero-order valence-corrected chi connectivity index (χ0v) is 7.54. The lowest BCUT2D eigenvalue weighted by molar-refractivity contribution is -0.147. The summed E-state index contributed by atoms with van der Waals surface area (Å²) in [6.07, 6.45) is 4.69. The molecule has 0 spiro atoms. The highest BCUT2D eigenvalue weighted by Crippen LogP contribution is 2.30. The van der Waals surface area contributed by atoms with Gasteiger partial charge in [-0.2, -0.15) is 5.10 Å². The molecule has 1 aliphatic carbocycles. The largest absolute Gasteiger partial charge is 0.456 e. The Balaban J connectivity index is 2.20. The van der Waals surface area contributed by atoms with Gasteiger partial charge in [0.1, 0.15) is 6.10 Å². The van der Waals surface area contributed by atoms with E-state index in [1.54, 1.807) is 0 Å². The van der Waals surface area contributed by atoms with Gasteiger partial charge in [0, 0.05) is 6.92 Å². The first-order chi connectivity index (χ1) is 6.27. The summed E-state index contributed by atoms with van der Waals surface area (Å²) in [5, 5.41) is 6.83. The zero-order valence-electron chi connectivity index (χ0n) is 7.54. The van der Waals surface area contributed by atoms with Crippen molar-refractivity contribution in [3.05, 3.63) is 17.5 Å². The Morgan fingerprint density at radius 3 is 3.38 bits per heavy atom. The van der Waals surface area contributed by atoms with E-state index in [1.165, 1.54) is 12.5 Å². The molecule has 2 rings (SSSR count). The highest BCUT2D eigenvalue weighted by atomic mass is 16.5. The van der Waals surface area contributed by atoms with E-state index in [0.717, 1.165) is 25.0 Å². The number of carbonyl (C=O) groups is 1.